The van der Waals surface area contributed by atoms with E-state index in [-0.39, 0.29) is 35.3 Å². The standard InChI is InChI=1S/C24H28N2O3/c1-14(2)29-24-12-16-15-7-10-28-19-11-20(27)26-18-6-4-3-5-17(18)23(24,22(26)21(16)19)8-9-25(24)13-15/h3-7,14,16,19,21-22H,8-13H2,1-2H3/t16-,19-,21-,22-,23-,24+/m0/s1. The van der Waals surface area contributed by atoms with E-state index < -0.39 is 0 Å². The summed E-state index contributed by atoms with van der Waals surface area (Å²) in [6.45, 7) is 6.97. The molecule has 0 radical (unpaired) electrons. The van der Waals surface area contributed by atoms with Crippen LogP contribution in [0.1, 0.15) is 38.7 Å². The van der Waals surface area contributed by atoms with Crippen molar-refractivity contribution in [3.8, 4) is 0 Å². The zero-order valence-corrected chi connectivity index (χ0v) is 17.1. The van der Waals surface area contributed by atoms with Gasteiger partial charge in [0.2, 0.25) is 5.91 Å². The van der Waals surface area contributed by atoms with E-state index in [0.717, 1.165) is 31.6 Å². The summed E-state index contributed by atoms with van der Waals surface area (Å²) in [5, 5.41) is 0. The van der Waals surface area contributed by atoms with Crippen LogP contribution in [0.15, 0.2) is 35.9 Å². The van der Waals surface area contributed by atoms with Crippen LogP contribution in [0, 0.1) is 11.8 Å². The summed E-state index contributed by atoms with van der Waals surface area (Å²) in [6, 6.07) is 8.79. The number of carbonyl (C=O) groups is 1. The first-order chi connectivity index (χ1) is 14.1. The number of rotatable bonds is 2. The zero-order chi connectivity index (χ0) is 19.5. The maximum absolute atomic E-state index is 13.5. The van der Waals surface area contributed by atoms with Crippen LogP contribution in [0.5, 0.6) is 0 Å². The summed E-state index contributed by atoms with van der Waals surface area (Å²) in [5.41, 5.74) is 3.47. The van der Waals surface area contributed by atoms with Crippen LogP contribution in [-0.4, -0.2) is 54.5 Å². The molecule has 1 aromatic rings. The Kier molecular flexibility index (Phi) is 3.12. The number of nitrogens with zero attached hydrogens (tertiary/aromatic N) is 2. The highest BCUT2D eigenvalue weighted by Gasteiger charge is 2.77. The first-order valence-corrected chi connectivity index (χ1v) is 11.2. The maximum atomic E-state index is 13.5. The summed E-state index contributed by atoms with van der Waals surface area (Å²) in [6.07, 6.45) is 5.06. The Bertz CT molecular complexity index is 957. The lowest BCUT2D eigenvalue weighted by molar-refractivity contribution is -0.242. The van der Waals surface area contributed by atoms with E-state index in [9.17, 15) is 4.79 Å². The van der Waals surface area contributed by atoms with Crippen LogP contribution in [0.4, 0.5) is 5.69 Å². The average Bonchev–Trinajstić information content (AvgIpc) is 3.12. The molecule has 2 bridgehead atoms. The number of amides is 1. The van der Waals surface area contributed by atoms with Crippen LogP contribution >= 0.6 is 0 Å². The topological polar surface area (TPSA) is 42.0 Å². The number of carbonyl (C=O) groups excluding carboxylic acids is 1. The third kappa shape index (κ3) is 1.75. The number of benzene rings is 1. The highest BCUT2D eigenvalue weighted by Crippen LogP contribution is 2.70. The molecule has 5 aliphatic heterocycles. The van der Waals surface area contributed by atoms with Gasteiger partial charge < -0.3 is 14.4 Å². The van der Waals surface area contributed by atoms with Crippen molar-refractivity contribution < 1.29 is 14.3 Å². The molecule has 1 aliphatic carbocycles. The van der Waals surface area contributed by atoms with Crippen LogP contribution in [0.3, 0.4) is 0 Å². The number of fused-ring (bicyclic) bond motifs is 2. The van der Waals surface area contributed by atoms with Gasteiger partial charge in [-0.25, -0.2) is 0 Å². The minimum atomic E-state index is -0.332. The van der Waals surface area contributed by atoms with Gasteiger partial charge in [-0.2, -0.15) is 0 Å². The molecule has 7 rings (SSSR count). The molecule has 4 fully saturated rings. The molecule has 29 heavy (non-hydrogen) atoms. The van der Waals surface area contributed by atoms with Crippen molar-refractivity contribution in [1.82, 2.24) is 4.90 Å². The molecule has 5 heterocycles. The molecule has 5 nitrogen and oxygen atoms in total. The number of hydrogen-bond donors (Lipinski definition) is 0. The Morgan fingerprint density at radius 2 is 2.14 bits per heavy atom. The van der Waals surface area contributed by atoms with E-state index in [2.05, 4.69) is 54.0 Å². The summed E-state index contributed by atoms with van der Waals surface area (Å²) >= 11 is 0. The minimum Gasteiger partial charge on any atom is -0.373 e. The molecule has 0 N–H and O–H groups in total. The number of anilines is 1. The highest BCUT2D eigenvalue weighted by atomic mass is 16.5. The summed E-state index contributed by atoms with van der Waals surface area (Å²) < 4.78 is 13.3. The number of ether oxygens (including phenoxy) is 2. The van der Waals surface area contributed by atoms with Crippen molar-refractivity contribution in [2.45, 2.75) is 62.5 Å². The number of hydrogen-bond acceptors (Lipinski definition) is 4. The van der Waals surface area contributed by atoms with Gasteiger partial charge in [-0.05, 0) is 44.2 Å². The van der Waals surface area contributed by atoms with Gasteiger partial charge in [-0.1, -0.05) is 29.8 Å². The maximum Gasteiger partial charge on any atom is 0.229 e. The largest absolute Gasteiger partial charge is 0.373 e. The van der Waals surface area contributed by atoms with Crippen LogP contribution < -0.4 is 4.90 Å². The van der Waals surface area contributed by atoms with Gasteiger partial charge in [0, 0.05) is 24.7 Å². The molecule has 1 amide bonds. The fraction of sp³-hybridized carbons (Fsp3) is 0.625. The molecule has 152 valence electrons. The summed E-state index contributed by atoms with van der Waals surface area (Å²) in [5.74, 6) is 1.03. The smallest absolute Gasteiger partial charge is 0.229 e. The molecule has 0 aromatic heterocycles. The molecule has 1 spiro atoms. The van der Waals surface area contributed by atoms with Crippen LogP contribution in [-0.2, 0) is 19.7 Å². The molecule has 6 aliphatic rings. The summed E-state index contributed by atoms with van der Waals surface area (Å²) in [7, 11) is 0. The lowest BCUT2D eigenvalue weighted by Crippen LogP contribution is -2.75. The van der Waals surface area contributed by atoms with Gasteiger partial charge in [0.25, 0.3) is 0 Å². The second kappa shape index (κ2) is 5.32. The molecular weight excluding hydrogens is 364 g/mol. The predicted octanol–water partition coefficient (Wildman–Crippen LogP) is 2.85. The number of piperidine rings is 2. The normalized spacial score (nSPS) is 44.0. The Balaban J connectivity index is 1.56. The van der Waals surface area contributed by atoms with Crippen LogP contribution in [0.25, 0.3) is 0 Å². The molecular formula is C24H28N2O3. The first kappa shape index (κ1) is 17.0. The van der Waals surface area contributed by atoms with Gasteiger partial charge in [-0.3, -0.25) is 9.69 Å². The quantitative estimate of drug-likeness (QED) is 0.726. The second-order valence-electron chi connectivity index (χ2n) is 10.1. The molecule has 0 unspecified atom stereocenters. The Hall–Kier alpha value is -1.69. The van der Waals surface area contributed by atoms with E-state index in [0.29, 0.717) is 24.9 Å². The highest BCUT2D eigenvalue weighted by molar-refractivity contribution is 5.99. The molecule has 3 saturated heterocycles. The fourth-order valence-corrected chi connectivity index (χ4v) is 8.11. The predicted molar refractivity (Wildman–Crippen MR) is 109 cm³/mol. The Morgan fingerprint density at radius 3 is 3.00 bits per heavy atom. The Morgan fingerprint density at radius 1 is 1.28 bits per heavy atom. The molecule has 6 atom stereocenters. The van der Waals surface area contributed by atoms with E-state index >= 15 is 0 Å². The van der Waals surface area contributed by atoms with Crippen LogP contribution in [0.2, 0.25) is 0 Å². The van der Waals surface area contributed by atoms with Gasteiger partial charge in [-0.15, -0.1) is 0 Å². The van der Waals surface area contributed by atoms with Gasteiger partial charge in [0.15, 0.2) is 0 Å². The SMILES string of the molecule is CC(C)O[C@]12C[C@H]3C4=CCO[C@H]5CC(=O)N6c7ccccc7[C@@]1(CCN2C4)[C@@H]6[C@H]53. The molecule has 1 saturated carbocycles. The first-order valence-electron chi connectivity index (χ1n) is 11.2. The zero-order valence-electron chi connectivity index (χ0n) is 17.1. The molecule has 1 aromatic carbocycles. The fourth-order valence-electron chi connectivity index (χ4n) is 8.11. The Labute approximate surface area is 171 Å². The van der Waals surface area contributed by atoms with E-state index in [1.54, 1.807) is 0 Å². The molecule has 5 heteroatoms. The van der Waals surface area contributed by atoms with Crippen molar-refractivity contribution in [3.63, 3.8) is 0 Å². The van der Waals surface area contributed by atoms with Crippen molar-refractivity contribution >= 4 is 11.6 Å². The van der Waals surface area contributed by atoms with Gasteiger partial charge in [0.05, 0.1) is 36.7 Å². The second-order valence-corrected chi connectivity index (χ2v) is 10.1. The van der Waals surface area contributed by atoms with Gasteiger partial charge in [0.1, 0.15) is 5.72 Å². The lowest BCUT2D eigenvalue weighted by Gasteiger charge is -2.64. The van der Waals surface area contributed by atoms with Crippen molar-refractivity contribution in [2.24, 2.45) is 11.8 Å². The third-order valence-electron chi connectivity index (χ3n) is 8.75. The van der Waals surface area contributed by atoms with E-state index in [1.165, 1.54) is 11.1 Å². The average molecular weight is 392 g/mol. The third-order valence-corrected chi connectivity index (χ3v) is 8.75. The van der Waals surface area contributed by atoms with Crippen molar-refractivity contribution in [1.29, 1.82) is 0 Å². The van der Waals surface area contributed by atoms with Gasteiger partial charge >= 0.3 is 0 Å². The lowest BCUT2D eigenvalue weighted by atomic mass is 9.51. The monoisotopic (exact) mass is 392 g/mol. The number of para-hydroxylation sites is 1. The van der Waals surface area contributed by atoms with Crippen molar-refractivity contribution in [3.05, 3.63) is 41.5 Å². The van der Waals surface area contributed by atoms with Crippen molar-refractivity contribution in [2.75, 3.05) is 24.6 Å². The van der Waals surface area contributed by atoms with E-state index in [4.69, 9.17) is 9.47 Å². The summed E-state index contributed by atoms with van der Waals surface area (Å²) in [4.78, 5) is 18.2. The van der Waals surface area contributed by atoms with E-state index in [1.807, 2.05) is 0 Å². The minimum absolute atomic E-state index is 0.0258.